The van der Waals surface area contributed by atoms with Crippen molar-refractivity contribution in [2.24, 2.45) is 23.2 Å². The quantitative estimate of drug-likeness (QED) is 0.374. The minimum absolute atomic E-state index is 0.0826. The van der Waals surface area contributed by atoms with Gasteiger partial charge in [0.05, 0.1) is 18.3 Å². The molecule has 2 aliphatic carbocycles. The van der Waals surface area contributed by atoms with E-state index >= 15 is 0 Å². The van der Waals surface area contributed by atoms with Crippen molar-refractivity contribution >= 4 is 5.97 Å². The molecule has 0 saturated heterocycles. The molecule has 0 amide bonds. The largest absolute Gasteiger partial charge is 0.481 e. The third-order valence-electron chi connectivity index (χ3n) is 6.57. The van der Waals surface area contributed by atoms with Gasteiger partial charge in [0.25, 0.3) is 0 Å². The highest BCUT2D eigenvalue weighted by atomic mass is 16.5. The van der Waals surface area contributed by atoms with E-state index in [0.717, 1.165) is 38.5 Å². The number of unbranched alkanes of at least 4 members (excludes halogenated alkanes) is 1. The van der Waals surface area contributed by atoms with Crippen molar-refractivity contribution in [2.45, 2.75) is 90.4 Å². The Balaban J connectivity index is 1.86. The molecule has 0 aromatic carbocycles. The van der Waals surface area contributed by atoms with E-state index < -0.39 is 12.1 Å². The number of aliphatic hydroxyl groups excluding tert-OH is 2. The Hall–Kier alpha value is -0.910. The van der Waals surface area contributed by atoms with E-state index in [1.54, 1.807) is 0 Å². The van der Waals surface area contributed by atoms with E-state index in [-0.39, 0.29) is 30.0 Å². The third-order valence-corrected chi connectivity index (χ3v) is 6.57. The number of hydrogen-bond acceptors (Lipinski definition) is 4. The predicted octanol–water partition coefficient (Wildman–Crippen LogP) is 3.78. The SMILES string of the molecule is CCCCC(C)(C)C(O)C=C[C@H]1[C@@H]2CC(OCCCC(=O)O)C[C@H]2C[C@@H]1O. The number of rotatable bonds is 11. The van der Waals surface area contributed by atoms with Gasteiger partial charge < -0.3 is 20.1 Å². The van der Waals surface area contributed by atoms with Gasteiger partial charge in [0.15, 0.2) is 0 Å². The van der Waals surface area contributed by atoms with Crippen molar-refractivity contribution in [3.05, 3.63) is 12.2 Å². The molecule has 27 heavy (non-hydrogen) atoms. The molecule has 5 nitrogen and oxygen atoms in total. The highest BCUT2D eigenvalue weighted by Gasteiger charge is 2.47. The molecule has 0 aromatic rings. The number of carboxylic acids is 1. The van der Waals surface area contributed by atoms with Gasteiger partial charge in [0.1, 0.15) is 0 Å². The number of aliphatic carboxylic acids is 1. The summed E-state index contributed by atoms with van der Waals surface area (Å²) in [5, 5.41) is 29.8. The number of ether oxygens (including phenoxy) is 1. The third kappa shape index (κ3) is 6.30. The lowest BCUT2D eigenvalue weighted by Crippen LogP contribution is -2.28. The molecule has 2 aliphatic rings. The van der Waals surface area contributed by atoms with Gasteiger partial charge in [-0.25, -0.2) is 0 Å². The maximum Gasteiger partial charge on any atom is 0.303 e. The first-order valence-corrected chi connectivity index (χ1v) is 10.6. The van der Waals surface area contributed by atoms with E-state index in [2.05, 4.69) is 20.8 Å². The van der Waals surface area contributed by atoms with Crippen LogP contribution in [0.1, 0.15) is 72.1 Å². The first-order valence-electron chi connectivity index (χ1n) is 10.6. The number of carbonyl (C=O) groups is 1. The minimum atomic E-state index is -0.782. The summed E-state index contributed by atoms with van der Waals surface area (Å²) in [5.74, 6) is 0.158. The smallest absolute Gasteiger partial charge is 0.303 e. The zero-order chi connectivity index (χ0) is 20.0. The van der Waals surface area contributed by atoms with Gasteiger partial charge in [0.2, 0.25) is 0 Å². The number of carboxylic acid groups (broad SMARTS) is 1. The van der Waals surface area contributed by atoms with E-state index in [4.69, 9.17) is 9.84 Å². The summed E-state index contributed by atoms with van der Waals surface area (Å²) in [6.07, 6.45) is 9.84. The summed E-state index contributed by atoms with van der Waals surface area (Å²) < 4.78 is 5.88. The van der Waals surface area contributed by atoms with Gasteiger partial charge in [-0.1, -0.05) is 45.8 Å². The molecule has 2 rings (SSSR count). The molecule has 0 aromatic heterocycles. The van der Waals surface area contributed by atoms with Crippen molar-refractivity contribution in [2.75, 3.05) is 6.61 Å². The fourth-order valence-corrected chi connectivity index (χ4v) is 4.75. The predicted molar refractivity (Wildman–Crippen MR) is 105 cm³/mol. The van der Waals surface area contributed by atoms with Crippen LogP contribution in [0.15, 0.2) is 12.2 Å². The van der Waals surface area contributed by atoms with Crippen LogP contribution in [-0.2, 0) is 9.53 Å². The first kappa shape index (κ1) is 22.4. The molecule has 0 aliphatic heterocycles. The zero-order valence-electron chi connectivity index (χ0n) is 17.1. The number of aliphatic hydroxyl groups is 2. The second-order valence-corrected chi connectivity index (χ2v) is 9.19. The Bertz CT molecular complexity index is 501. The van der Waals surface area contributed by atoms with Crippen LogP contribution >= 0.6 is 0 Å². The second-order valence-electron chi connectivity index (χ2n) is 9.19. The molecule has 0 bridgehead atoms. The molecular weight excluding hydrogens is 344 g/mol. The Morgan fingerprint density at radius 1 is 1.26 bits per heavy atom. The summed E-state index contributed by atoms with van der Waals surface area (Å²) >= 11 is 0. The summed E-state index contributed by atoms with van der Waals surface area (Å²) in [6, 6.07) is 0. The van der Waals surface area contributed by atoms with Crippen LogP contribution in [-0.4, -0.2) is 46.2 Å². The Morgan fingerprint density at radius 3 is 2.67 bits per heavy atom. The van der Waals surface area contributed by atoms with E-state index in [0.29, 0.717) is 24.9 Å². The van der Waals surface area contributed by atoms with Crippen LogP contribution in [0.2, 0.25) is 0 Å². The van der Waals surface area contributed by atoms with Crippen molar-refractivity contribution in [1.82, 2.24) is 0 Å². The second kappa shape index (κ2) is 10.0. The Morgan fingerprint density at radius 2 is 2.00 bits per heavy atom. The van der Waals surface area contributed by atoms with Gasteiger partial charge in [0, 0.05) is 18.9 Å². The molecule has 2 fully saturated rings. The maximum absolute atomic E-state index is 10.6. The molecule has 6 atom stereocenters. The van der Waals surface area contributed by atoms with Crippen LogP contribution in [0.3, 0.4) is 0 Å². The van der Waals surface area contributed by atoms with E-state index in [1.165, 1.54) is 0 Å². The van der Waals surface area contributed by atoms with Crippen molar-refractivity contribution in [3.63, 3.8) is 0 Å². The van der Waals surface area contributed by atoms with Gasteiger partial charge in [-0.3, -0.25) is 4.79 Å². The average Bonchev–Trinajstić information content (AvgIpc) is 3.11. The topological polar surface area (TPSA) is 87.0 Å². The van der Waals surface area contributed by atoms with Gasteiger partial charge >= 0.3 is 5.97 Å². The lowest BCUT2D eigenvalue weighted by Gasteiger charge is -2.29. The van der Waals surface area contributed by atoms with Crippen LogP contribution in [0.25, 0.3) is 0 Å². The molecule has 5 heteroatoms. The summed E-state index contributed by atoms with van der Waals surface area (Å²) in [7, 11) is 0. The Kier molecular flexibility index (Phi) is 8.32. The fraction of sp³-hybridized carbons (Fsp3) is 0.864. The highest BCUT2D eigenvalue weighted by Crippen LogP contribution is 2.49. The van der Waals surface area contributed by atoms with E-state index in [9.17, 15) is 15.0 Å². The molecule has 2 saturated carbocycles. The zero-order valence-corrected chi connectivity index (χ0v) is 17.1. The summed E-state index contributed by atoms with van der Waals surface area (Å²) in [6.45, 7) is 6.85. The van der Waals surface area contributed by atoms with Gasteiger partial charge in [-0.15, -0.1) is 0 Å². The molecule has 2 unspecified atom stereocenters. The van der Waals surface area contributed by atoms with Crippen molar-refractivity contribution in [1.29, 1.82) is 0 Å². The molecule has 0 spiro atoms. The first-order chi connectivity index (χ1) is 12.7. The van der Waals surface area contributed by atoms with Gasteiger partial charge in [-0.2, -0.15) is 0 Å². The Labute approximate surface area is 163 Å². The molecule has 3 N–H and O–H groups in total. The average molecular weight is 383 g/mol. The minimum Gasteiger partial charge on any atom is -0.481 e. The lowest BCUT2D eigenvalue weighted by atomic mass is 9.80. The van der Waals surface area contributed by atoms with Crippen LogP contribution < -0.4 is 0 Å². The standard InChI is InChI=1S/C22H38O5/c1-4-5-10-22(2,3)20(24)9-8-17-18-14-16(12-15(18)13-19(17)23)27-11-6-7-21(25)26/h8-9,15-20,23-24H,4-7,10-14H2,1-3H3,(H,25,26)/t15-,16?,17-,18+,19-,20?/m0/s1. The van der Waals surface area contributed by atoms with Crippen molar-refractivity contribution in [3.8, 4) is 0 Å². The summed E-state index contributed by atoms with van der Waals surface area (Å²) in [4.78, 5) is 10.6. The maximum atomic E-state index is 10.6. The fourth-order valence-electron chi connectivity index (χ4n) is 4.75. The van der Waals surface area contributed by atoms with Crippen LogP contribution in [0.4, 0.5) is 0 Å². The van der Waals surface area contributed by atoms with Crippen molar-refractivity contribution < 1.29 is 24.9 Å². The van der Waals surface area contributed by atoms with Crippen LogP contribution in [0.5, 0.6) is 0 Å². The van der Waals surface area contributed by atoms with E-state index in [1.807, 2.05) is 12.2 Å². The molecule has 156 valence electrons. The normalized spacial score (nSPS) is 32.1. The molecule has 0 radical (unpaired) electrons. The van der Waals surface area contributed by atoms with Crippen LogP contribution in [0, 0.1) is 23.2 Å². The molecule has 0 heterocycles. The highest BCUT2D eigenvalue weighted by molar-refractivity contribution is 5.66. The number of hydrogen-bond donors (Lipinski definition) is 3. The summed E-state index contributed by atoms with van der Waals surface area (Å²) in [5.41, 5.74) is -0.152. The number of fused-ring (bicyclic) bond motifs is 1. The van der Waals surface area contributed by atoms with Gasteiger partial charge in [-0.05, 0) is 49.4 Å². The monoisotopic (exact) mass is 382 g/mol. The molecular formula is C22H38O5. The lowest BCUT2D eigenvalue weighted by molar-refractivity contribution is -0.137.